The molecule has 0 fully saturated rings. The predicted molar refractivity (Wildman–Crippen MR) is 69.3 cm³/mol. The number of rotatable bonds is 7. The van der Waals surface area contributed by atoms with Crippen LogP contribution in [0.5, 0.6) is 5.75 Å². The minimum atomic E-state index is -3.98. The van der Waals surface area contributed by atoms with Crippen LogP contribution in [-0.4, -0.2) is 37.3 Å². The summed E-state index contributed by atoms with van der Waals surface area (Å²) in [6.07, 6.45) is -0.598. The lowest BCUT2D eigenvalue weighted by Gasteiger charge is -2.08. The van der Waals surface area contributed by atoms with Crippen molar-refractivity contribution < 1.29 is 28.0 Å². The molecule has 0 aromatic heterocycles. The standard InChI is InChI=1S/C10H12N2O7S/c1-19-7-2-3-8(9(6-7)12(15)16)11-20(17,18)5-4-10(13)14/h2-3,6,11H,4-5H2,1H3,(H,13,14). The zero-order chi connectivity index (χ0) is 15.3. The maximum Gasteiger partial charge on any atom is 0.304 e. The second kappa shape index (κ2) is 6.19. The number of carbonyl (C=O) groups is 1. The Morgan fingerprint density at radius 2 is 2.15 bits per heavy atom. The zero-order valence-corrected chi connectivity index (χ0v) is 11.2. The second-order valence-corrected chi connectivity index (χ2v) is 5.55. The fourth-order valence-electron chi connectivity index (χ4n) is 1.32. The van der Waals surface area contributed by atoms with Gasteiger partial charge in [-0.05, 0) is 12.1 Å². The molecule has 0 spiro atoms. The monoisotopic (exact) mass is 304 g/mol. The average molecular weight is 304 g/mol. The molecule has 2 N–H and O–H groups in total. The summed E-state index contributed by atoms with van der Waals surface area (Å²) in [4.78, 5) is 20.4. The highest BCUT2D eigenvalue weighted by Crippen LogP contribution is 2.29. The third-order valence-corrected chi connectivity index (χ3v) is 3.52. The molecule has 0 aliphatic rings. The number of carboxylic acid groups (broad SMARTS) is 1. The van der Waals surface area contributed by atoms with Gasteiger partial charge in [0, 0.05) is 0 Å². The summed E-state index contributed by atoms with van der Waals surface area (Å²) in [5.74, 6) is -1.75. The fourth-order valence-corrected chi connectivity index (χ4v) is 2.37. The first kappa shape index (κ1) is 15.7. The van der Waals surface area contributed by atoms with Crippen molar-refractivity contribution in [1.29, 1.82) is 0 Å². The molecule has 0 heterocycles. The van der Waals surface area contributed by atoms with E-state index in [9.17, 15) is 23.3 Å². The first-order chi connectivity index (χ1) is 9.25. The third-order valence-electron chi connectivity index (χ3n) is 2.25. The minimum absolute atomic E-state index is 0.199. The van der Waals surface area contributed by atoms with E-state index < -0.39 is 38.8 Å². The molecular formula is C10H12N2O7S. The number of methoxy groups -OCH3 is 1. The number of sulfonamides is 1. The number of nitro groups is 1. The van der Waals surface area contributed by atoms with Gasteiger partial charge in [-0.25, -0.2) is 8.42 Å². The van der Waals surface area contributed by atoms with Crippen molar-refractivity contribution in [2.45, 2.75) is 6.42 Å². The first-order valence-electron chi connectivity index (χ1n) is 5.30. The molecule has 9 nitrogen and oxygen atoms in total. The first-order valence-corrected chi connectivity index (χ1v) is 6.95. The molecule has 0 atom stereocenters. The van der Waals surface area contributed by atoms with Crippen LogP contribution in [0.3, 0.4) is 0 Å². The van der Waals surface area contributed by atoms with Crippen LogP contribution in [-0.2, 0) is 14.8 Å². The predicted octanol–water partition coefficient (Wildman–Crippen LogP) is 0.820. The Morgan fingerprint density at radius 1 is 1.50 bits per heavy atom. The van der Waals surface area contributed by atoms with E-state index in [2.05, 4.69) is 0 Å². The van der Waals surface area contributed by atoms with E-state index in [0.29, 0.717) is 0 Å². The van der Waals surface area contributed by atoms with Gasteiger partial charge < -0.3 is 9.84 Å². The molecule has 10 heteroatoms. The Kier molecular flexibility index (Phi) is 4.86. The molecule has 20 heavy (non-hydrogen) atoms. The number of nitrogens with one attached hydrogen (secondary N) is 1. The van der Waals surface area contributed by atoms with Gasteiger partial charge >= 0.3 is 5.97 Å². The smallest absolute Gasteiger partial charge is 0.304 e. The van der Waals surface area contributed by atoms with Crippen molar-refractivity contribution in [3.63, 3.8) is 0 Å². The summed E-state index contributed by atoms with van der Waals surface area (Å²) in [6, 6.07) is 3.59. The highest BCUT2D eigenvalue weighted by molar-refractivity contribution is 7.92. The summed E-state index contributed by atoms with van der Waals surface area (Å²) in [5, 5.41) is 19.3. The highest BCUT2D eigenvalue weighted by Gasteiger charge is 2.20. The molecule has 0 saturated carbocycles. The van der Waals surface area contributed by atoms with E-state index in [1.807, 2.05) is 4.72 Å². The number of carboxylic acids is 1. The lowest BCUT2D eigenvalue weighted by Crippen LogP contribution is -2.19. The van der Waals surface area contributed by atoms with Gasteiger partial charge in [0.15, 0.2) is 0 Å². The Morgan fingerprint density at radius 3 is 2.65 bits per heavy atom. The molecule has 0 saturated heterocycles. The Bertz CT molecular complexity index is 626. The van der Waals surface area contributed by atoms with Crippen LogP contribution < -0.4 is 9.46 Å². The van der Waals surface area contributed by atoms with Crippen LogP contribution in [0.1, 0.15) is 6.42 Å². The van der Waals surface area contributed by atoms with Gasteiger partial charge in [-0.1, -0.05) is 0 Å². The van der Waals surface area contributed by atoms with E-state index >= 15 is 0 Å². The number of hydrogen-bond acceptors (Lipinski definition) is 6. The Balaban J connectivity index is 3.02. The Hall–Kier alpha value is -2.36. The van der Waals surface area contributed by atoms with Gasteiger partial charge in [0.25, 0.3) is 5.69 Å². The molecule has 110 valence electrons. The lowest BCUT2D eigenvalue weighted by atomic mass is 10.2. The largest absolute Gasteiger partial charge is 0.496 e. The normalized spacial score (nSPS) is 10.8. The molecule has 0 unspecified atom stereocenters. The minimum Gasteiger partial charge on any atom is -0.496 e. The van der Waals surface area contributed by atoms with Crippen LogP contribution in [0.4, 0.5) is 11.4 Å². The number of benzene rings is 1. The number of hydrogen-bond donors (Lipinski definition) is 2. The summed E-state index contributed by atoms with van der Waals surface area (Å²) >= 11 is 0. The molecule has 1 aromatic carbocycles. The molecule has 1 aromatic rings. The van der Waals surface area contributed by atoms with Gasteiger partial charge in [-0.3, -0.25) is 19.6 Å². The molecule has 0 aliphatic carbocycles. The zero-order valence-electron chi connectivity index (χ0n) is 10.4. The summed E-state index contributed by atoms with van der Waals surface area (Å²) in [5.41, 5.74) is -0.732. The maximum absolute atomic E-state index is 11.6. The molecule has 0 bridgehead atoms. The summed E-state index contributed by atoms with van der Waals surface area (Å²) in [7, 11) is -2.67. The highest BCUT2D eigenvalue weighted by atomic mass is 32.2. The number of aliphatic carboxylic acids is 1. The molecule has 0 amide bonds. The van der Waals surface area contributed by atoms with Gasteiger partial charge in [0.1, 0.15) is 11.4 Å². The van der Waals surface area contributed by atoms with Crippen molar-refractivity contribution in [2.75, 3.05) is 17.6 Å². The third kappa shape index (κ3) is 4.39. The van der Waals surface area contributed by atoms with Gasteiger partial charge in [-0.15, -0.1) is 0 Å². The van der Waals surface area contributed by atoms with Crippen LogP contribution in [0.15, 0.2) is 18.2 Å². The Labute approximate surface area is 114 Å². The van der Waals surface area contributed by atoms with Crippen molar-refractivity contribution in [3.05, 3.63) is 28.3 Å². The summed E-state index contributed by atoms with van der Waals surface area (Å²) in [6.45, 7) is 0. The van der Waals surface area contributed by atoms with Gasteiger partial charge in [0.05, 0.1) is 30.3 Å². The van der Waals surface area contributed by atoms with Gasteiger partial charge in [-0.2, -0.15) is 0 Å². The van der Waals surface area contributed by atoms with E-state index in [-0.39, 0.29) is 11.4 Å². The lowest BCUT2D eigenvalue weighted by molar-refractivity contribution is -0.384. The number of anilines is 1. The SMILES string of the molecule is COc1ccc(NS(=O)(=O)CCC(=O)O)c([N+](=O)[O-])c1. The van der Waals surface area contributed by atoms with E-state index in [4.69, 9.17) is 9.84 Å². The van der Waals surface area contributed by atoms with Crippen molar-refractivity contribution >= 4 is 27.4 Å². The van der Waals surface area contributed by atoms with Crippen molar-refractivity contribution in [2.24, 2.45) is 0 Å². The summed E-state index contributed by atoms with van der Waals surface area (Å²) < 4.78 is 30.0. The maximum atomic E-state index is 11.6. The average Bonchev–Trinajstić information content (AvgIpc) is 2.36. The quantitative estimate of drug-likeness (QED) is 0.562. The van der Waals surface area contributed by atoms with Crippen LogP contribution in [0, 0.1) is 10.1 Å². The van der Waals surface area contributed by atoms with Gasteiger partial charge in [0.2, 0.25) is 10.0 Å². The van der Waals surface area contributed by atoms with Crippen molar-refractivity contribution in [3.8, 4) is 5.75 Å². The van der Waals surface area contributed by atoms with Crippen LogP contribution >= 0.6 is 0 Å². The van der Waals surface area contributed by atoms with Crippen LogP contribution in [0.25, 0.3) is 0 Å². The fraction of sp³-hybridized carbons (Fsp3) is 0.300. The van der Waals surface area contributed by atoms with Crippen molar-refractivity contribution in [1.82, 2.24) is 0 Å². The number of nitro benzene ring substituents is 1. The van der Waals surface area contributed by atoms with E-state index in [1.54, 1.807) is 0 Å². The van der Waals surface area contributed by atoms with E-state index in [0.717, 1.165) is 6.07 Å². The molecular weight excluding hydrogens is 292 g/mol. The number of ether oxygens (including phenoxy) is 1. The number of nitrogens with zero attached hydrogens (tertiary/aromatic N) is 1. The van der Waals surface area contributed by atoms with E-state index in [1.165, 1.54) is 19.2 Å². The van der Waals surface area contributed by atoms with Crippen LogP contribution in [0.2, 0.25) is 0 Å². The molecule has 1 rings (SSSR count). The second-order valence-electron chi connectivity index (χ2n) is 3.70. The molecule has 0 radical (unpaired) electrons. The topological polar surface area (TPSA) is 136 Å². The molecule has 0 aliphatic heterocycles.